The molecule has 0 bridgehead atoms. The summed E-state index contributed by atoms with van der Waals surface area (Å²) in [5, 5.41) is 12.5. The third kappa shape index (κ3) is 3.38. The molecular formula is C19H14ClNO4S. The lowest BCUT2D eigenvalue weighted by Gasteiger charge is -2.06. The van der Waals surface area contributed by atoms with Gasteiger partial charge in [0.1, 0.15) is 23.1 Å². The number of aliphatic carboxylic acids is 1. The molecule has 0 radical (unpaired) electrons. The third-order valence-electron chi connectivity index (χ3n) is 4.05. The van der Waals surface area contributed by atoms with E-state index in [4.69, 9.17) is 26.2 Å². The fraction of sp³-hybridized carbons (Fsp3) is 0.158. The van der Waals surface area contributed by atoms with Crippen molar-refractivity contribution in [2.45, 2.75) is 19.1 Å². The Balaban J connectivity index is 1.44. The van der Waals surface area contributed by atoms with E-state index in [0.29, 0.717) is 29.5 Å². The van der Waals surface area contributed by atoms with E-state index in [1.165, 1.54) is 11.3 Å². The van der Waals surface area contributed by atoms with Crippen LogP contribution in [0.2, 0.25) is 5.02 Å². The summed E-state index contributed by atoms with van der Waals surface area (Å²) in [5.74, 6) is 0.298. The van der Waals surface area contributed by atoms with Gasteiger partial charge in [0.2, 0.25) is 0 Å². The fourth-order valence-electron chi connectivity index (χ4n) is 2.77. The Hall–Kier alpha value is -2.57. The first-order valence-electron chi connectivity index (χ1n) is 7.94. The van der Waals surface area contributed by atoms with E-state index in [2.05, 4.69) is 4.98 Å². The average molecular weight is 388 g/mol. The van der Waals surface area contributed by atoms with Crippen molar-refractivity contribution in [1.82, 2.24) is 4.98 Å². The van der Waals surface area contributed by atoms with Crippen LogP contribution in [-0.4, -0.2) is 22.2 Å². The van der Waals surface area contributed by atoms with E-state index in [0.717, 1.165) is 21.8 Å². The minimum absolute atomic E-state index is 0.330. The number of benzene rings is 2. The van der Waals surface area contributed by atoms with Crippen LogP contribution in [0.4, 0.5) is 0 Å². The van der Waals surface area contributed by atoms with Crippen LogP contribution >= 0.6 is 22.9 Å². The molecule has 2 heterocycles. The van der Waals surface area contributed by atoms with Crippen molar-refractivity contribution in [3.63, 3.8) is 0 Å². The SMILES string of the molecule is O=C(O)C1Cc2cc(OCc3nc(-c4ccccc4Cl)cs3)ccc2O1. The average Bonchev–Trinajstić information content (AvgIpc) is 3.27. The molecule has 2 aromatic carbocycles. The normalized spacial score (nSPS) is 15.3. The molecule has 1 atom stereocenters. The first kappa shape index (κ1) is 16.9. The number of aromatic nitrogens is 1. The maximum absolute atomic E-state index is 11.0. The van der Waals surface area contributed by atoms with E-state index >= 15 is 0 Å². The van der Waals surface area contributed by atoms with Crippen LogP contribution in [0, 0.1) is 0 Å². The summed E-state index contributed by atoms with van der Waals surface area (Å²) < 4.78 is 11.2. The van der Waals surface area contributed by atoms with Gasteiger partial charge in [0.25, 0.3) is 0 Å². The molecule has 0 saturated heterocycles. The highest BCUT2D eigenvalue weighted by Gasteiger charge is 2.29. The fourth-order valence-corrected chi connectivity index (χ4v) is 3.71. The molecule has 1 unspecified atom stereocenters. The Morgan fingerprint density at radius 2 is 2.19 bits per heavy atom. The first-order chi connectivity index (χ1) is 12.6. The van der Waals surface area contributed by atoms with Gasteiger partial charge in [0, 0.05) is 28.0 Å². The number of nitrogens with zero attached hydrogens (tertiary/aromatic N) is 1. The summed E-state index contributed by atoms with van der Waals surface area (Å²) in [6, 6.07) is 12.9. The second-order valence-electron chi connectivity index (χ2n) is 5.81. The lowest BCUT2D eigenvalue weighted by molar-refractivity contribution is -0.144. The van der Waals surface area contributed by atoms with Crippen LogP contribution in [0.25, 0.3) is 11.3 Å². The number of thiazole rings is 1. The monoisotopic (exact) mass is 387 g/mol. The van der Waals surface area contributed by atoms with E-state index in [9.17, 15) is 4.79 Å². The molecule has 0 aliphatic carbocycles. The Morgan fingerprint density at radius 3 is 3.00 bits per heavy atom. The molecule has 7 heteroatoms. The Bertz CT molecular complexity index is 972. The van der Waals surface area contributed by atoms with Crippen LogP contribution in [-0.2, 0) is 17.8 Å². The number of halogens is 1. The minimum atomic E-state index is -0.960. The molecule has 132 valence electrons. The van der Waals surface area contributed by atoms with E-state index in [1.807, 2.05) is 35.7 Å². The Labute approximate surface area is 158 Å². The molecule has 0 spiro atoms. The highest BCUT2D eigenvalue weighted by Crippen LogP contribution is 2.33. The molecule has 5 nitrogen and oxygen atoms in total. The Morgan fingerprint density at radius 1 is 1.35 bits per heavy atom. The molecule has 4 rings (SSSR count). The number of rotatable bonds is 5. The summed E-state index contributed by atoms with van der Waals surface area (Å²) in [6.07, 6.45) is -0.479. The van der Waals surface area contributed by atoms with Crippen molar-refractivity contribution < 1.29 is 19.4 Å². The van der Waals surface area contributed by atoms with Gasteiger partial charge in [-0.15, -0.1) is 11.3 Å². The van der Waals surface area contributed by atoms with Crippen molar-refractivity contribution in [1.29, 1.82) is 0 Å². The second kappa shape index (κ2) is 6.97. The summed E-state index contributed by atoms with van der Waals surface area (Å²) >= 11 is 7.71. The lowest BCUT2D eigenvalue weighted by Crippen LogP contribution is -2.24. The molecule has 0 amide bonds. The third-order valence-corrected chi connectivity index (χ3v) is 5.20. The second-order valence-corrected chi connectivity index (χ2v) is 7.16. The number of carboxylic acids is 1. The van der Waals surface area contributed by atoms with E-state index in [1.54, 1.807) is 12.1 Å². The molecule has 3 aromatic rings. The number of fused-ring (bicyclic) bond motifs is 1. The minimum Gasteiger partial charge on any atom is -0.486 e. The first-order valence-corrected chi connectivity index (χ1v) is 9.20. The van der Waals surface area contributed by atoms with Gasteiger partial charge in [0.05, 0.1) is 5.69 Å². The van der Waals surface area contributed by atoms with Gasteiger partial charge in [-0.05, 0) is 24.3 Å². The number of carboxylic acid groups (broad SMARTS) is 1. The predicted molar refractivity (Wildman–Crippen MR) is 99.1 cm³/mol. The topological polar surface area (TPSA) is 68.7 Å². The summed E-state index contributed by atoms with van der Waals surface area (Å²) in [6.45, 7) is 0.330. The molecule has 1 N–H and O–H groups in total. The smallest absolute Gasteiger partial charge is 0.345 e. The van der Waals surface area contributed by atoms with Gasteiger partial charge in [-0.25, -0.2) is 9.78 Å². The van der Waals surface area contributed by atoms with Crippen molar-refractivity contribution in [3.05, 3.63) is 63.4 Å². The lowest BCUT2D eigenvalue weighted by atomic mass is 10.1. The zero-order chi connectivity index (χ0) is 18.1. The zero-order valence-corrected chi connectivity index (χ0v) is 15.1. The van der Waals surface area contributed by atoms with Crippen molar-refractivity contribution in [2.75, 3.05) is 0 Å². The van der Waals surface area contributed by atoms with Crippen LogP contribution in [0.5, 0.6) is 11.5 Å². The van der Waals surface area contributed by atoms with Gasteiger partial charge in [-0.2, -0.15) is 0 Å². The molecular weight excluding hydrogens is 374 g/mol. The van der Waals surface area contributed by atoms with E-state index in [-0.39, 0.29) is 0 Å². The Kier molecular flexibility index (Phi) is 4.53. The molecule has 1 aliphatic rings. The summed E-state index contributed by atoms with van der Waals surface area (Å²) in [4.78, 5) is 15.6. The van der Waals surface area contributed by atoms with Crippen molar-refractivity contribution in [3.8, 4) is 22.8 Å². The summed E-state index contributed by atoms with van der Waals surface area (Å²) in [7, 11) is 0. The number of carbonyl (C=O) groups is 1. The van der Waals surface area contributed by atoms with Crippen molar-refractivity contribution in [2.24, 2.45) is 0 Å². The van der Waals surface area contributed by atoms with Crippen LogP contribution in [0.1, 0.15) is 10.6 Å². The number of hydrogen-bond donors (Lipinski definition) is 1. The van der Waals surface area contributed by atoms with E-state index < -0.39 is 12.1 Å². The van der Waals surface area contributed by atoms with Gasteiger partial charge < -0.3 is 14.6 Å². The van der Waals surface area contributed by atoms with Gasteiger partial charge in [-0.3, -0.25) is 0 Å². The number of ether oxygens (including phenoxy) is 2. The van der Waals surface area contributed by atoms with Crippen LogP contribution < -0.4 is 9.47 Å². The predicted octanol–water partition coefficient (Wildman–Crippen LogP) is 4.43. The quantitative estimate of drug-likeness (QED) is 0.701. The largest absolute Gasteiger partial charge is 0.486 e. The maximum atomic E-state index is 11.0. The van der Waals surface area contributed by atoms with Crippen LogP contribution in [0.15, 0.2) is 47.8 Å². The van der Waals surface area contributed by atoms with Gasteiger partial charge in [0.15, 0.2) is 6.10 Å². The standard InChI is InChI=1S/C19H14ClNO4S/c20-14-4-2-1-3-13(14)15-10-26-18(21-15)9-24-12-5-6-16-11(7-12)8-17(25-16)19(22)23/h1-7,10,17H,8-9H2,(H,22,23). The molecule has 0 fully saturated rings. The number of hydrogen-bond acceptors (Lipinski definition) is 5. The van der Waals surface area contributed by atoms with Gasteiger partial charge in [-0.1, -0.05) is 29.8 Å². The molecule has 1 aromatic heterocycles. The van der Waals surface area contributed by atoms with Crippen LogP contribution in [0.3, 0.4) is 0 Å². The van der Waals surface area contributed by atoms with Crippen molar-refractivity contribution >= 4 is 28.9 Å². The maximum Gasteiger partial charge on any atom is 0.345 e. The highest BCUT2D eigenvalue weighted by molar-refractivity contribution is 7.09. The van der Waals surface area contributed by atoms with Gasteiger partial charge >= 0.3 is 5.97 Å². The molecule has 26 heavy (non-hydrogen) atoms. The summed E-state index contributed by atoms with van der Waals surface area (Å²) in [5.41, 5.74) is 2.56. The zero-order valence-electron chi connectivity index (χ0n) is 13.5. The molecule has 1 aliphatic heterocycles. The molecule has 0 saturated carbocycles. The highest BCUT2D eigenvalue weighted by atomic mass is 35.5.